The van der Waals surface area contributed by atoms with E-state index >= 15 is 0 Å². The molecule has 4 rings (SSSR count). The molecule has 138 valence electrons. The van der Waals surface area contributed by atoms with E-state index in [0.29, 0.717) is 24.5 Å². The van der Waals surface area contributed by atoms with Gasteiger partial charge in [0.25, 0.3) is 5.91 Å². The number of carbonyl (C=O) groups is 1. The van der Waals surface area contributed by atoms with Gasteiger partial charge in [-0.05, 0) is 37.1 Å². The molecule has 0 saturated carbocycles. The second kappa shape index (κ2) is 7.74. The number of carbonyl (C=O) groups excluding carboxylic acids is 1. The van der Waals surface area contributed by atoms with Crippen molar-refractivity contribution in [3.63, 3.8) is 0 Å². The van der Waals surface area contributed by atoms with Crippen LogP contribution in [0.4, 0.5) is 4.39 Å². The van der Waals surface area contributed by atoms with Gasteiger partial charge in [-0.25, -0.2) is 4.39 Å². The zero-order valence-electron chi connectivity index (χ0n) is 15.0. The fraction of sp³-hybridized carbons (Fsp3) is 0.273. The van der Waals surface area contributed by atoms with E-state index in [2.05, 4.69) is 4.98 Å². The molecule has 1 saturated heterocycles. The third-order valence-electron chi connectivity index (χ3n) is 4.95. The van der Waals surface area contributed by atoms with Gasteiger partial charge in [-0.15, -0.1) is 0 Å². The molecule has 1 aliphatic heterocycles. The van der Waals surface area contributed by atoms with Crippen LogP contribution in [0.2, 0.25) is 0 Å². The second-order valence-electron chi connectivity index (χ2n) is 6.91. The maximum atomic E-state index is 13.3. The van der Waals surface area contributed by atoms with Crippen LogP contribution in [0.1, 0.15) is 23.2 Å². The van der Waals surface area contributed by atoms with Crippen molar-refractivity contribution in [1.29, 1.82) is 0 Å². The number of likely N-dealkylation sites (tertiary alicyclic amines) is 1. The van der Waals surface area contributed by atoms with Crippen molar-refractivity contribution in [3.8, 4) is 5.75 Å². The highest BCUT2D eigenvalue weighted by molar-refractivity contribution is 6.05. The standard InChI is InChI=1S/C22H21FN2O2/c23-18-8-2-9-19(13-18)27-15-16-5-4-12-25(14-16)22(26)20-10-1-6-17-7-3-11-24-21(17)20/h1-3,6-11,13,16H,4-5,12,14-15H2/t16-/m1/s1. The Morgan fingerprint density at radius 3 is 2.93 bits per heavy atom. The van der Waals surface area contributed by atoms with Gasteiger partial charge in [-0.1, -0.05) is 24.3 Å². The third kappa shape index (κ3) is 3.92. The Kier molecular flexibility index (Phi) is 5.01. The molecule has 1 aromatic heterocycles. The number of pyridine rings is 1. The molecule has 3 aromatic rings. The van der Waals surface area contributed by atoms with Crippen LogP contribution < -0.4 is 4.74 Å². The number of rotatable bonds is 4. The number of hydrogen-bond donors (Lipinski definition) is 0. The van der Waals surface area contributed by atoms with Crippen LogP contribution >= 0.6 is 0 Å². The third-order valence-corrected chi connectivity index (χ3v) is 4.95. The number of benzene rings is 2. The van der Waals surface area contributed by atoms with E-state index in [-0.39, 0.29) is 17.6 Å². The molecule has 2 heterocycles. The summed E-state index contributed by atoms with van der Waals surface area (Å²) >= 11 is 0. The number of nitrogens with zero attached hydrogens (tertiary/aromatic N) is 2. The Bertz CT molecular complexity index is 954. The highest BCUT2D eigenvalue weighted by atomic mass is 19.1. The van der Waals surface area contributed by atoms with Crippen molar-refractivity contribution in [2.75, 3.05) is 19.7 Å². The van der Waals surface area contributed by atoms with Gasteiger partial charge in [-0.3, -0.25) is 9.78 Å². The number of para-hydroxylation sites is 1. The molecule has 1 atom stereocenters. The van der Waals surface area contributed by atoms with Crippen molar-refractivity contribution >= 4 is 16.8 Å². The topological polar surface area (TPSA) is 42.4 Å². The summed E-state index contributed by atoms with van der Waals surface area (Å²) in [7, 11) is 0. The largest absolute Gasteiger partial charge is 0.493 e. The van der Waals surface area contributed by atoms with Gasteiger partial charge in [0.05, 0.1) is 17.7 Å². The number of amides is 1. The summed E-state index contributed by atoms with van der Waals surface area (Å²) in [6.45, 7) is 1.84. The summed E-state index contributed by atoms with van der Waals surface area (Å²) in [6, 6.07) is 15.7. The Morgan fingerprint density at radius 2 is 2.04 bits per heavy atom. The van der Waals surface area contributed by atoms with Crippen LogP contribution in [-0.4, -0.2) is 35.5 Å². The van der Waals surface area contributed by atoms with E-state index in [1.165, 1.54) is 12.1 Å². The lowest BCUT2D eigenvalue weighted by Gasteiger charge is -2.32. The number of fused-ring (bicyclic) bond motifs is 1. The first-order valence-corrected chi connectivity index (χ1v) is 9.22. The highest BCUT2D eigenvalue weighted by Gasteiger charge is 2.26. The molecule has 0 radical (unpaired) electrons. The Morgan fingerprint density at radius 1 is 1.19 bits per heavy atom. The molecule has 0 unspecified atom stereocenters. The van der Waals surface area contributed by atoms with Gasteiger partial charge < -0.3 is 9.64 Å². The van der Waals surface area contributed by atoms with Crippen LogP contribution in [0.3, 0.4) is 0 Å². The molecule has 0 aliphatic carbocycles. The predicted octanol–water partition coefficient (Wildman–Crippen LogP) is 4.31. The van der Waals surface area contributed by atoms with Crippen molar-refractivity contribution < 1.29 is 13.9 Å². The lowest BCUT2D eigenvalue weighted by molar-refractivity contribution is 0.0635. The molecular weight excluding hydrogens is 343 g/mol. The van der Waals surface area contributed by atoms with E-state index in [1.54, 1.807) is 18.3 Å². The quantitative estimate of drug-likeness (QED) is 0.693. The molecule has 1 amide bonds. The van der Waals surface area contributed by atoms with Crippen molar-refractivity contribution in [2.24, 2.45) is 5.92 Å². The predicted molar refractivity (Wildman–Crippen MR) is 102 cm³/mol. The van der Waals surface area contributed by atoms with E-state index in [4.69, 9.17) is 4.74 Å². The first kappa shape index (κ1) is 17.5. The minimum Gasteiger partial charge on any atom is -0.493 e. The number of hydrogen-bond acceptors (Lipinski definition) is 3. The summed E-state index contributed by atoms with van der Waals surface area (Å²) < 4.78 is 19.0. The van der Waals surface area contributed by atoms with Gasteiger partial charge in [0.2, 0.25) is 0 Å². The lowest BCUT2D eigenvalue weighted by atomic mass is 9.98. The number of halogens is 1. The molecule has 5 heteroatoms. The monoisotopic (exact) mass is 364 g/mol. The minimum atomic E-state index is -0.309. The average Bonchev–Trinajstić information content (AvgIpc) is 2.71. The van der Waals surface area contributed by atoms with E-state index < -0.39 is 0 Å². The molecule has 1 fully saturated rings. The summed E-state index contributed by atoms with van der Waals surface area (Å²) in [4.78, 5) is 19.3. The first-order chi connectivity index (χ1) is 13.2. The molecule has 27 heavy (non-hydrogen) atoms. The van der Waals surface area contributed by atoms with E-state index in [9.17, 15) is 9.18 Å². The Hall–Kier alpha value is -2.95. The summed E-state index contributed by atoms with van der Waals surface area (Å²) in [5.41, 5.74) is 1.38. The highest BCUT2D eigenvalue weighted by Crippen LogP contribution is 2.23. The van der Waals surface area contributed by atoms with E-state index in [1.807, 2.05) is 35.2 Å². The second-order valence-corrected chi connectivity index (χ2v) is 6.91. The summed E-state index contributed by atoms with van der Waals surface area (Å²) in [5.74, 6) is 0.455. The molecule has 0 bridgehead atoms. The van der Waals surface area contributed by atoms with Gasteiger partial charge in [0.15, 0.2) is 0 Å². The van der Waals surface area contributed by atoms with Crippen LogP contribution in [0, 0.1) is 11.7 Å². The Balaban J connectivity index is 1.45. The molecular formula is C22H21FN2O2. The summed E-state index contributed by atoms with van der Waals surface area (Å²) in [6.07, 6.45) is 3.64. The van der Waals surface area contributed by atoms with E-state index in [0.717, 1.165) is 30.3 Å². The molecule has 0 N–H and O–H groups in total. The molecule has 1 aliphatic rings. The maximum absolute atomic E-state index is 13.3. The normalized spacial score (nSPS) is 17.1. The SMILES string of the molecule is O=C(c1cccc2cccnc12)N1CCC[C@@H](COc2cccc(F)c2)C1. The van der Waals surface area contributed by atoms with Crippen molar-refractivity contribution in [2.45, 2.75) is 12.8 Å². The van der Waals surface area contributed by atoms with Gasteiger partial charge in [0.1, 0.15) is 11.6 Å². The molecule has 0 spiro atoms. The van der Waals surface area contributed by atoms with Crippen LogP contribution in [0.5, 0.6) is 5.75 Å². The Labute approximate surface area is 157 Å². The van der Waals surface area contributed by atoms with Crippen LogP contribution in [0.25, 0.3) is 10.9 Å². The smallest absolute Gasteiger partial charge is 0.256 e. The zero-order valence-corrected chi connectivity index (χ0v) is 15.0. The zero-order chi connectivity index (χ0) is 18.6. The van der Waals surface area contributed by atoms with Gasteiger partial charge in [-0.2, -0.15) is 0 Å². The van der Waals surface area contributed by atoms with Crippen molar-refractivity contribution in [3.05, 3.63) is 72.2 Å². The van der Waals surface area contributed by atoms with Gasteiger partial charge >= 0.3 is 0 Å². The fourth-order valence-corrected chi connectivity index (χ4v) is 3.60. The minimum absolute atomic E-state index is 0.00903. The van der Waals surface area contributed by atoms with Crippen molar-refractivity contribution in [1.82, 2.24) is 9.88 Å². The molecule has 2 aromatic carbocycles. The van der Waals surface area contributed by atoms with Gasteiger partial charge in [0, 0.05) is 36.7 Å². The molecule has 4 nitrogen and oxygen atoms in total. The lowest BCUT2D eigenvalue weighted by Crippen LogP contribution is -2.41. The summed E-state index contributed by atoms with van der Waals surface area (Å²) in [5, 5.41) is 0.964. The van der Waals surface area contributed by atoms with Crippen LogP contribution in [-0.2, 0) is 0 Å². The number of aromatic nitrogens is 1. The first-order valence-electron chi connectivity index (χ1n) is 9.22. The fourth-order valence-electron chi connectivity index (χ4n) is 3.60. The number of piperidine rings is 1. The number of ether oxygens (including phenoxy) is 1. The average molecular weight is 364 g/mol. The van der Waals surface area contributed by atoms with Crippen LogP contribution in [0.15, 0.2) is 60.8 Å². The maximum Gasteiger partial charge on any atom is 0.256 e.